The van der Waals surface area contributed by atoms with Crippen LogP contribution in [0.15, 0.2) is 24.3 Å². The van der Waals surface area contributed by atoms with Crippen LogP contribution in [0, 0.1) is 5.92 Å². The molecule has 9 nitrogen and oxygen atoms in total. The second-order valence-electron chi connectivity index (χ2n) is 8.22. The van der Waals surface area contributed by atoms with Crippen LogP contribution in [-0.4, -0.2) is 78.3 Å². The van der Waals surface area contributed by atoms with E-state index in [-0.39, 0.29) is 35.9 Å². The van der Waals surface area contributed by atoms with Crippen molar-refractivity contribution in [2.24, 2.45) is 5.92 Å². The second-order valence-corrected chi connectivity index (χ2v) is 9.76. The van der Waals surface area contributed by atoms with Crippen molar-refractivity contribution in [1.82, 2.24) is 25.8 Å². The molecule has 1 aromatic rings. The van der Waals surface area contributed by atoms with E-state index in [1.807, 2.05) is 18.2 Å². The molecule has 5 atom stereocenters. The number of amides is 4. The van der Waals surface area contributed by atoms with Crippen molar-refractivity contribution in [3.05, 3.63) is 34.9 Å². The number of ether oxygens (including phenoxy) is 1. The van der Waals surface area contributed by atoms with E-state index < -0.39 is 17.5 Å². The molecule has 32 heavy (non-hydrogen) atoms. The highest BCUT2D eigenvalue weighted by molar-refractivity contribution is 8.00. The summed E-state index contributed by atoms with van der Waals surface area (Å²) in [5, 5.41) is 9.87. The summed E-state index contributed by atoms with van der Waals surface area (Å²) in [6.07, 6.45) is 1.13. The molecular formula is C21H28ClN5O4S. The molecule has 3 N–H and O–H groups in total. The zero-order valence-electron chi connectivity index (χ0n) is 18.0. The number of imide groups is 1. The van der Waals surface area contributed by atoms with Crippen molar-refractivity contribution in [2.75, 3.05) is 33.0 Å². The highest BCUT2D eigenvalue weighted by Crippen LogP contribution is 2.35. The first-order valence-corrected chi connectivity index (χ1v) is 12.1. The van der Waals surface area contributed by atoms with Crippen molar-refractivity contribution >= 4 is 41.2 Å². The number of halogens is 1. The summed E-state index contributed by atoms with van der Waals surface area (Å²) in [7, 11) is 3.15. The summed E-state index contributed by atoms with van der Waals surface area (Å²) in [6.45, 7) is 1.23. The molecule has 3 aliphatic heterocycles. The molecule has 0 aromatic heterocycles. The van der Waals surface area contributed by atoms with Gasteiger partial charge in [-0.05, 0) is 18.9 Å². The summed E-state index contributed by atoms with van der Waals surface area (Å²) >= 11 is 7.76. The van der Waals surface area contributed by atoms with E-state index >= 15 is 0 Å². The van der Waals surface area contributed by atoms with Crippen LogP contribution in [0.5, 0.6) is 0 Å². The topological polar surface area (TPSA) is 103 Å². The number of urea groups is 1. The molecule has 3 saturated heterocycles. The minimum atomic E-state index is -0.558. The number of carbonyl (C=O) groups excluding carboxylic acids is 3. The van der Waals surface area contributed by atoms with Crippen LogP contribution >= 0.6 is 23.4 Å². The molecule has 3 aliphatic rings. The number of rotatable bonds is 6. The lowest BCUT2D eigenvalue weighted by Crippen LogP contribution is -2.72. The zero-order chi connectivity index (χ0) is 22.8. The Hall–Kier alpha value is -1.85. The summed E-state index contributed by atoms with van der Waals surface area (Å²) < 4.78 is 5.55. The smallest absolute Gasteiger partial charge is 0.327 e. The van der Waals surface area contributed by atoms with E-state index in [1.165, 1.54) is 23.7 Å². The Morgan fingerprint density at radius 2 is 2.06 bits per heavy atom. The van der Waals surface area contributed by atoms with Gasteiger partial charge in [0.25, 0.3) is 0 Å². The Bertz CT molecular complexity index is 884. The van der Waals surface area contributed by atoms with Gasteiger partial charge >= 0.3 is 6.03 Å². The first-order chi connectivity index (χ1) is 15.4. The van der Waals surface area contributed by atoms with Gasteiger partial charge in [-0.1, -0.05) is 29.8 Å². The highest BCUT2D eigenvalue weighted by Gasteiger charge is 2.51. The molecule has 4 amide bonds. The molecule has 11 heteroatoms. The number of nitrogens with zero attached hydrogens (tertiary/aromatic N) is 2. The average Bonchev–Trinajstić information content (AvgIpc) is 3.32. The molecule has 174 valence electrons. The lowest BCUT2D eigenvalue weighted by atomic mass is 9.96. The maximum absolute atomic E-state index is 13.0. The zero-order valence-corrected chi connectivity index (χ0v) is 19.6. The standard InChI is InChI=1S/C21H28ClN5O4S/c1-26-18-16(20(29)27(2)21(26)30)19(25-17(24-18)13-7-3-4-8-14(13)22)32-11-15(28)23-10-12-6-5-9-31-12/h3-4,7-8,12,16-19,24-25H,5-6,9-11H2,1-2H3,(H,23,28). The van der Waals surface area contributed by atoms with Gasteiger partial charge < -0.3 is 15.0 Å². The molecule has 0 aliphatic carbocycles. The summed E-state index contributed by atoms with van der Waals surface area (Å²) in [5.41, 5.74) is 0.813. The molecule has 0 saturated carbocycles. The Morgan fingerprint density at radius 3 is 2.78 bits per heavy atom. The SMILES string of the molecule is CN1C(=O)C2C(SCC(=O)NCC3CCCO3)NC(c3ccccc3Cl)NC2N(C)C1=O. The molecule has 0 bridgehead atoms. The Kier molecular flexibility index (Phi) is 7.26. The second kappa shape index (κ2) is 9.96. The lowest BCUT2D eigenvalue weighted by molar-refractivity contribution is -0.140. The Morgan fingerprint density at radius 1 is 1.28 bits per heavy atom. The predicted octanol–water partition coefficient (Wildman–Crippen LogP) is 1.35. The Labute approximate surface area is 196 Å². The summed E-state index contributed by atoms with van der Waals surface area (Å²) in [4.78, 5) is 40.7. The van der Waals surface area contributed by atoms with E-state index in [0.717, 1.165) is 29.9 Å². The summed E-state index contributed by atoms with van der Waals surface area (Å²) in [6, 6.07) is 7.04. The van der Waals surface area contributed by atoms with Gasteiger partial charge in [0.1, 0.15) is 0 Å². The quantitative estimate of drug-likeness (QED) is 0.563. The van der Waals surface area contributed by atoms with Crippen LogP contribution in [-0.2, 0) is 14.3 Å². The normalized spacial score (nSPS) is 30.4. The van der Waals surface area contributed by atoms with Gasteiger partial charge in [-0.25, -0.2) is 4.79 Å². The number of fused-ring (bicyclic) bond motifs is 1. The molecule has 3 fully saturated rings. The number of hydrogen-bond donors (Lipinski definition) is 3. The maximum Gasteiger partial charge on any atom is 0.327 e. The van der Waals surface area contributed by atoms with Gasteiger partial charge in [-0.2, -0.15) is 0 Å². The van der Waals surface area contributed by atoms with Crippen molar-refractivity contribution < 1.29 is 19.1 Å². The average molecular weight is 482 g/mol. The molecule has 3 heterocycles. The van der Waals surface area contributed by atoms with E-state index in [2.05, 4.69) is 16.0 Å². The number of benzene rings is 1. The van der Waals surface area contributed by atoms with Crippen molar-refractivity contribution in [2.45, 2.75) is 36.7 Å². The summed E-state index contributed by atoms with van der Waals surface area (Å²) in [5.74, 6) is -0.777. The van der Waals surface area contributed by atoms with Crippen LogP contribution in [0.25, 0.3) is 0 Å². The first-order valence-electron chi connectivity index (χ1n) is 10.7. The Balaban J connectivity index is 1.49. The van der Waals surface area contributed by atoms with Gasteiger partial charge in [0.05, 0.1) is 35.5 Å². The van der Waals surface area contributed by atoms with Gasteiger partial charge in [0, 0.05) is 37.8 Å². The largest absolute Gasteiger partial charge is 0.376 e. The van der Waals surface area contributed by atoms with Crippen LogP contribution in [0.2, 0.25) is 5.02 Å². The van der Waals surface area contributed by atoms with Gasteiger partial charge in [-0.3, -0.25) is 25.1 Å². The number of thioether (sulfide) groups is 1. The minimum Gasteiger partial charge on any atom is -0.376 e. The molecule has 5 unspecified atom stereocenters. The van der Waals surface area contributed by atoms with E-state index in [4.69, 9.17) is 16.3 Å². The number of hydrogen-bond acceptors (Lipinski definition) is 7. The van der Waals surface area contributed by atoms with Crippen molar-refractivity contribution in [1.29, 1.82) is 0 Å². The number of nitrogens with one attached hydrogen (secondary N) is 3. The third-order valence-electron chi connectivity index (χ3n) is 6.12. The molecule has 0 radical (unpaired) electrons. The molecule has 4 rings (SSSR count). The minimum absolute atomic E-state index is 0.0724. The van der Waals surface area contributed by atoms with E-state index in [1.54, 1.807) is 13.1 Å². The highest BCUT2D eigenvalue weighted by atomic mass is 35.5. The van der Waals surface area contributed by atoms with Crippen LogP contribution in [0.4, 0.5) is 4.79 Å². The third-order valence-corrected chi connectivity index (χ3v) is 7.68. The van der Waals surface area contributed by atoms with Crippen molar-refractivity contribution in [3.8, 4) is 0 Å². The molecule has 1 aromatic carbocycles. The first kappa shape index (κ1) is 23.3. The molecule has 0 spiro atoms. The predicted molar refractivity (Wildman–Crippen MR) is 122 cm³/mol. The van der Waals surface area contributed by atoms with Crippen molar-refractivity contribution in [3.63, 3.8) is 0 Å². The third kappa shape index (κ3) is 4.74. The molecular weight excluding hydrogens is 454 g/mol. The van der Waals surface area contributed by atoms with Gasteiger partial charge in [0.2, 0.25) is 11.8 Å². The maximum atomic E-state index is 13.0. The van der Waals surface area contributed by atoms with E-state index in [0.29, 0.717) is 11.6 Å². The van der Waals surface area contributed by atoms with Gasteiger partial charge in [0.15, 0.2) is 0 Å². The van der Waals surface area contributed by atoms with Crippen LogP contribution < -0.4 is 16.0 Å². The lowest BCUT2D eigenvalue weighted by Gasteiger charge is -2.50. The number of carbonyl (C=O) groups is 3. The fourth-order valence-electron chi connectivity index (χ4n) is 4.34. The fourth-order valence-corrected chi connectivity index (χ4v) is 5.72. The van der Waals surface area contributed by atoms with Crippen LogP contribution in [0.3, 0.4) is 0 Å². The van der Waals surface area contributed by atoms with E-state index in [9.17, 15) is 14.4 Å². The van der Waals surface area contributed by atoms with Crippen LogP contribution in [0.1, 0.15) is 24.6 Å². The monoisotopic (exact) mass is 481 g/mol. The van der Waals surface area contributed by atoms with Gasteiger partial charge in [-0.15, -0.1) is 11.8 Å². The fraction of sp³-hybridized carbons (Fsp3) is 0.571.